The quantitative estimate of drug-likeness (QED) is 0.112. The van der Waals surface area contributed by atoms with Gasteiger partial charge in [0.1, 0.15) is 5.82 Å². The van der Waals surface area contributed by atoms with Crippen LogP contribution in [0.15, 0.2) is 133 Å². The van der Waals surface area contributed by atoms with Crippen molar-refractivity contribution in [1.82, 2.24) is 25.4 Å². The maximum atomic E-state index is 12.2. The molecule has 0 aliphatic carbocycles. The third kappa shape index (κ3) is 7.62. The van der Waals surface area contributed by atoms with Crippen LogP contribution in [-0.2, 0) is 0 Å². The second kappa shape index (κ2) is 15.0. The minimum absolute atomic E-state index is 0.360. The average molecular weight is 714 g/mol. The van der Waals surface area contributed by atoms with E-state index in [-0.39, 0.29) is 6.03 Å². The summed E-state index contributed by atoms with van der Waals surface area (Å²) in [6.07, 6.45) is 0. The van der Waals surface area contributed by atoms with Gasteiger partial charge >= 0.3 is 6.03 Å². The third-order valence-electron chi connectivity index (χ3n) is 7.91. The molecular formula is C39H30Cl2N8O2. The highest BCUT2D eigenvalue weighted by Gasteiger charge is 2.14. The molecule has 0 bridgehead atoms. The van der Waals surface area contributed by atoms with Crippen LogP contribution >= 0.6 is 23.2 Å². The molecule has 0 aliphatic heterocycles. The van der Waals surface area contributed by atoms with Gasteiger partial charge in [-0.3, -0.25) is 15.5 Å². The minimum Gasteiger partial charge on any atom is -0.481 e. The number of urea groups is 1. The van der Waals surface area contributed by atoms with Gasteiger partial charge in [0.05, 0.1) is 28.2 Å². The number of anilines is 4. The zero-order chi connectivity index (χ0) is 35.2. The van der Waals surface area contributed by atoms with Crippen LogP contribution < -0.4 is 20.7 Å². The van der Waals surface area contributed by atoms with Gasteiger partial charge in [-0.2, -0.15) is 15.2 Å². The first-order valence-corrected chi connectivity index (χ1v) is 16.6. The van der Waals surface area contributed by atoms with Gasteiger partial charge in [0.25, 0.3) is 0 Å². The number of carbonyl (C=O) groups excluding carboxylic acids is 1. The van der Waals surface area contributed by atoms with E-state index >= 15 is 0 Å². The molecule has 0 fully saturated rings. The molecule has 3 heterocycles. The highest BCUT2D eigenvalue weighted by atomic mass is 35.5. The summed E-state index contributed by atoms with van der Waals surface area (Å²) in [6.45, 7) is 0. The number of aromatic amines is 2. The summed E-state index contributed by atoms with van der Waals surface area (Å²) >= 11 is 12.9. The van der Waals surface area contributed by atoms with E-state index in [4.69, 9.17) is 27.9 Å². The number of benzene rings is 5. The van der Waals surface area contributed by atoms with Crippen molar-refractivity contribution in [2.75, 3.05) is 23.1 Å². The lowest BCUT2D eigenvalue weighted by Gasteiger charge is -2.07. The molecule has 0 spiro atoms. The number of hydrogen-bond donors (Lipinski definition) is 5. The third-order valence-corrected chi connectivity index (χ3v) is 8.54. The Labute approximate surface area is 302 Å². The van der Waals surface area contributed by atoms with E-state index in [1.54, 1.807) is 13.2 Å². The first kappa shape index (κ1) is 33.2. The fourth-order valence-electron chi connectivity index (χ4n) is 5.46. The Bertz CT molecular complexity index is 2440. The number of amides is 2. The molecule has 12 heteroatoms. The smallest absolute Gasteiger partial charge is 0.324 e. The number of fused-ring (bicyclic) bond motifs is 2. The summed E-state index contributed by atoms with van der Waals surface area (Å²) in [5, 5.41) is 26.2. The van der Waals surface area contributed by atoms with Gasteiger partial charge < -0.3 is 15.4 Å². The highest BCUT2D eigenvalue weighted by Crippen LogP contribution is 2.36. The second-order valence-electron chi connectivity index (χ2n) is 11.3. The molecule has 0 atom stereocenters. The van der Waals surface area contributed by atoms with E-state index in [1.807, 2.05) is 127 Å². The molecule has 252 valence electrons. The Morgan fingerprint density at radius 3 is 1.73 bits per heavy atom. The Morgan fingerprint density at radius 1 is 0.627 bits per heavy atom. The molecule has 0 aliphatic rings. The Morgan fingerprint density at radius 2 is 1.16 bits per heavy atom. The Balaban J connectivity index is 0.000000159. The molecule has 8 rings (SSSR count). The number of rotatable bonds is 7. The van der Waals surface area contributed by atoms with Crippen LogP contribution in [0.5, 0.6) is 5.88 Å². The van der Waals surface area contributed by atoms with Gasteiger partial charge in [-0.1, -0.05) is 108 Å². The van der Waals surface area contributed by atoms with Crippen molar-refractivity contribution in [3.05, 3.63) is 144 Å². The maximum Gasteiger partial charge on any atom is 0.324 e. The Hall–Kier alpha value is -6.36. The van der Waals surface area contributed by atoms with Crippen LogP contribution in [0.3, 0.4) is 0 Å². The van der Waals surface area contributed by atoms with Crippen LogP contribution in [0.4, 0.5) is 27.9 Å². The van der Waals surface area contributed by atoms with Crippen LogP contribution in [0, 0.1) is 0 Å². The van der Waals surface area contributed by atoms with Gasteiger partial charge in [-0.25, -0.2) is 4.79 Å². The number of nitrogens with one attached hydrogen (secondary N) is 5. The van der Waals surface area contributed by atoms with E-state index in [0.717, 1.165) is 44.1 Å². The SMILES string of the molecule is COc1cccc(Nc2n[nH]c3cc(Cl)c(-c4ccccc4)cc23)n1.O=C(Nc1ccccc1)Nc1n[nH]c2cc(Cl)c(-c3ccccc3)cc12. The van der Waals surface area contributed by atoms with Gasteiger partial charge in [0.15, 0.2) is 11.6 Å². The lowest BCUT2D eigenvalue weighted by Crippen LogP contribution is -2.19. The molecule has 0 unspecified atom stereocenters. The number of hydrogen-bond acceptors (Lipinski definition) is 6. The van der Waals surface area contributed by atoms with Crippen molar-refractivity contribution in [2.24, 2.45) is 0 Å². The van der Waals surface area contributed by atoms with Crippen molar-refractivity contribution in [3.8, 4) is 28.1 Å². The molecule has 2 amide bonds. The summed E-state index contributed by atoms with van der Waals surface area (Å²) in [7, 11) is 1.59. The van der Waals surface area contributed by atoms with Crippen molar-refractivity contribution >= 4 is 74.2 Å². The van der Waals surface area contributed by atoms with Crippen molar-refractivity contribution < 1.29 is 9.53 Å². The van der Waals surface area contributed by atoms with Crippen LogP contribution in [-0.4, -0.2) is 38.5 Å². The number of ether oxygens (including phenoxy) is 1. The van der Waals surface area contributed by atoms with Crippen molar-refractivity contribution in [1.29, 1.82) is 0 Å². The second-order valence-corrected chi connectivity index (χ2v) is 12.1. The predicted molar refractivity (Wildman–Crippen MR) is 206 cm³/mol. The minimum atomic E-state index is -0.360. The molecule has 5 N–H and O–H groups in total. The number of pyridine rings is 1. The van der Waals surface area contributed by atoms with E-state index in [0.29, 0.717) is 39.1 Å². The standard InChI is InChI=1S/C20H15ClN4O.C19H15ClN4O/c21-17-12-18-16(11-15(17)13-7-3-1-4-8-13)19(25-24-18)23-20(26)22-14-9-5-2-6-10-14;1-25-18-9-5-8-17(21-18)22-19-14-10-13(12-6-3-2-4-7-12)15(20)11-16(14)23-24-19/h1-12H,(H3,22,23,24,25,26);2-11H,1H3,(H2,21,22,23,24). The zero-order valence-corrected chi connectivity index (χ0v) is 28.6. The van der Waals surface area contributed by atoms with E-state index in [9.17, 15) is 4.79 Å². The molecule has 5 aromatic carbocycles. The van der Waals surface area contributed by atoms with E-state index in [2.05, 4.69) is 41.3 Å². The number of halogens is 2. The first-order chi connectivity index (χ1) is 24.9. The van der Waals surface area contributed by atoms with Gasteiger partial charge in [-0.15, -0.1) is 0 Å². The van der Waals surface area contributed by atoms with E-state index < -0.39 is 0 Å². The molecule has 10 nitrogen and oxygen atoms in total. The zero-order valence-electron chi connectivity index (χ0n) is 27.1. The van der Waals surface area contributed by atoms with Crippen LogP contribution in [0.2, 0.25) is 10.0 Å². The van der Waals surface area contributed by atoms with Crippen molar-refractivity contribution in [2.45, 2.75) is 0 Å². The number of nitrogens with zero attached hydrogens (tertiary/aromatic N) is 3. The maximum absolute atomic E-state index is 12.2. The van der Waals surface area contributed by atoms with Gasteiger partial charge in [0, 0.05) is 33.7 Å². The fourth-order valence-corrected chi connectivity index (χ4v) is 6.00. The molecule has 51 heavy (non-hydrogen) atoms. The summed E-state index contributed by atoms with van der Waals surface area (Å²) < 4.78 is 5.16. The normalized spacial score (nSPS) is 10.7. The number of carbonyl (C=O) groups is 1. The Kier molecular flexibility index (Phi) is 9.77. The molecular weight excluding hydrogens is 683 g/mol. The van der Waals surface area contributed by atoms with Gasteiger partial charge in [0.2, 0.25) is 5.88 Å². The number of H-pyrrole nitrogens is 2. The predicted octanol–water partition coefficient (Wildman–Crippen LogP) is 10.6. The monoisotopic (exact) mass is 712 g/mol. The fraction of sp³-hybridized carbons (Fsp3) is 0.0256. The molecule has 3 aromatic heterocycles. The molecule has 8 aromatic rings. The first-order valence-electron chi connectivity index (χ1n) is 15.8. The highest BCUT2D eigenvalue weighted by molar-refractivity contribution is 6.34. The largest absolute Gasteiger partial charge is 0.481 e. The van der Waals surface area contributed by atoms with Crippen molar-refractivity contribution in [3.63, 3.8) is 0 Å². The summed E-state index contributed by atoms with van der Waals surface area (Å²) in [5.74, 6) is 2.33. The molecule has 0 radical (unpaired) electrons. The lowest BCUT2D eigenvalue weighted by molar-refractivity contribution is 0.262. The lowest BCUT2D eigenvalue weighted by atomic mass is 10.0. The topological polar surface area (TPSA) is 133 Å². The van der Waals surface area contributed by atoms with E-state index in [1.165, 1.54) is 0 Å². The summed E-state index contributed by atoms with van der Waals surface area (Å²) in [6, 6.07) is 41.9. The van der Waals surface area contributed by atoms with Crippen LogP contribution in [0.1, 0.15) is 0 Å². The van der Waals surface area contributed by atoms with Gasteiger partial charge in [-0.05, 0) is 53.6 Å². The number of aromatic nitrogens is 5. The summed E-state index contributed by atoms with van der Waals surface area (Å²) in [4.78, 5) is 16.6. The summed E-state index contributed by atoms with van der Waals surface area (Å²) in [5.41, 5.74) is 6.21. The van der Waals surface area contributed by atoms with Crippen LogP contribution in [0.25, 0.3) is 44.1 Å². The average Bonchev–Trinajstić information content (AvgIpc) is 3.74. The number of para-hydroxylation sites is 1. The molecule has 0 saturated heterocycles. The molecule has 0 saturated carbocycles. The number of methoxy groups -OCH3 is 1.